The molecule has 176 valence electrons. The van der Waals surface area contributed by atoms with Crippen LogP contribution in [0.4, 0.5) is 11.6 Å². The number of amides is 1. The molecule has 3 aromatic rings. The van der Waals surface area contributed by atoms with Crippen LogP contribution in [0.2, 0.25) is 0 Å². The van der Waals surface area contributed by atoms with Crippen LogP contribution < -0.4 is 10.6 Å². The maximum Gasteiger partial charge on any atom is 0.335 e. The molecule has 4 rings (SSSR count). The molecule has 2 heterocycles. The van der Waals surface area contributed by atoms with Crippen molar-refractivity contribution in [2.24, 2.45) is 0 Å². The Morgan fingerprint density at radius 3 is 2.62 bits per heavy atom. The lowest BCUT2D eigenvalue weighted by atomic mass is 9.94. The largest absolute Gasteiger partial charge is 0.478 e. The van der Waals surface area contributed by atoms with Gasteiger partial charge in [0.15, 0.2) is 0 Å². The van der Waals surface area contributed by atoms with Gasteiger partial charge in [0.25, 0.3) is 5.91 Å². The van der Waals surface area contributed by atoms with E-state index in [9.17, 15) is 14.7 Å². The molecule has 0 saturated heterocycles. The number of carbonyl (C=O) groups excluding carboxylic acids is 1. The van der Waals surface area contributed by atoms with Crippen molar-refractivity contribution in [2.45, 2.75) is 44.8 Å². The summed E-state index contributed by atoms with van der Waals surface area (Å²) >= 11 is 1.58. The first-order valence-corrected chi connectivity index (χ1v) is 12.1. The summed E-state index contributed by atoms with van der Waals surface area (Å²) in [6, 6.07) is 13.6. The Hall–Kier alpha value is -3.59. The lowest BCUT2D eigenvalue weighted by Gasteiger charge is -2.28. The first kappa shape index (κ1) is 23.6. The number of nitrogens with one attached hydrogen (secondary N) is 2. The Labute approximate surface area is 202 Å². The number of aryl methyl sites for hydroxylation is 1. The summed E-state index contributed by atoms with van der Waals surface area (Å²) in [6.07, 6.45) is 2.14. The Morgan fingerprint density at radius 2 is 1.94 bits per heavy atom. The highest BCUT2D eigenvalue weighted by Gasteiger charge is 2.34. The molecule has 0 spiro atoms. The Bertz CT molecular complexity index is 1250. The molecule has 1 aliphatic heterocycles. The number of hydrogen-bond acceptors (Lipinski definition) is 6. The summed E-state index contributed by atoms with van der Waals surface area (Å²) in [4.78, 5) is 29.5. The van der Waals surface area contributed by atoms with Crippen LogP contribution in [0.1, 0.15) is 54.2 Å². The fourth-order valence-electron chi connectivity index (χ4n) is 3.83. The Balaban J connectivity index is 1.74. The van der Waals surface area contributed by atoms with Gasteiger partial charge in [0.2, 0.25) is 11.1 Å². The molecule has 1 aromatic heterocycles. The van der Waals surface area contributed by atoms with Gasteiger partial charge in [-0.15, -0.1) is 5.10 Å². The lowest BCUT2D eigenvalue weighted by molar-refractivity contribution is -0.113. The van der Waals surface area contributed by atoms with Gasteiger partial charge >= 0.3 is 5.97 Å². The molecule has 3 N–H and O–H groups in total. The predicted molar refractivity (Wildman–Crippen MR) is 133 cm³/mol. The van der Waals surface area contributed by atoms with E-state index in [0.29, 0.717) is 28.1 Å². The standard InChI is InChI=1S/C25H27N5O3S/c1-4-5-13-34-25-28-24-26-16(3)20(22(31)27-19-8-6-7-15(2)14-19)21(30(24)29-25)17-9-11-18(12-10-17)23(32)33/h6-12,14,21H,4-5,13H2,1-3H3,(H,27,31)(H,32,33)(H,26,28,29). The van der Waals surface area contributed by atoms with E-state index in [1.54, 1.807) is 40.7 Å². The van der Waals surface area contributed by atoms with E-state index in [-0.39, 0.29) is 11.5 Å². The van der Waals surface area contributed by atoms with Crippen molar-refractivity contribution < 1.29 is 14.7 Å². The van der Waals surface area contributed by atoms with Crippen LogP contribution in [0.25, 0.3) is 0 Å². The molecule has 8 nitrogen and oxygen atoms in total. The minimum atomic E-state index is -1.00. The van der Waals surface area contributed by atoms with Crippen LogP contribution in [0.3, 0.4) is 0 Å². The smallest absolute Gasteiger partial charge is 0.335 e. The minimum Gasteiger partial charge on any atom is -0.478 e. The van der Waals surface area contributed by atoms with E-state index in [1.165, 1.54) is 0 Å². The SMILES string of the molecule is CCCCSc1nc2n(n1)C(c1ccc(C(=O)O)cc1)C(C(=O)Nc1cccc(C)c1)=C(C)N2. The van der Waals surface area contributed by atoms with Crippen LogP contribution in [-0.4, -0.2) is 37.5 Å². The zero-order valence-corrected chi connectivity index (χ0v) is 20.1. The average molecular weight is 478 g/mol. The number of anilines is 2. The van der Waals surface area contributed by atoms with Crippen LogP contribution in [0, 0.1) is 6.92 Å². The van der Waals surface area contributed by atoms with Gasteiger partial charge in [0.1, 0.15) is 6.04 Å². The number of unbranched alkanes of at least 4 members (excludes halogenated alkanes) is 1. The number of carboxylic acid groups (broad SMARTS) is 1. The van der Waals surface area contributed by atoms with Gasteiger partial charge in [-0.25, -0.2) is 9.48 Å². The van der Waals surface area contributed by atoms with Gasteiger partial charge in [-0.3, -0.25) is 4.79 Å². The van der Waals surface area contributed by atoms with Crippen molar-refractivity contribution in [1.82, 2.24) is 14.8 Å². The summed E-state index contributed by atoms with van der Waals surface area (Å²) in [6.45, 7) is 5.94. The highest BCUT2D eigenvalue weighted by atomic mass is 32.2. The second-order valence-electron chi connectivity index (χ2n) is 8.18. The number of fused-ring (bicyclic) bond motifs is 1. The van der Waals surface area contributed by atoms with Crippen molar-refractivity contribution in [1.29, 1.82) is 0 Å². The summed E-state index contributed by atoms with van der Waals surface area (Å²) in [5.41, 5.74) is 3.83. The molecular formula is C25H27N5O3S. The van der Waals surface area contributed by atoms with Crippen molar-refractivity contribution >= 4 is 35.3 Å². The van der Waals surface area contributed by atoms with Gasteiger partial charge in [0.05, 0.1) is 11.1 Å². The number of carbonyl (C=O) groups is 2. The third-order valence-electron chi connectivity index (χ3n) is 5.56. The number of aromatic nitrogens is 3. The fraction of sp³-hybridized carbons (Fsp3) is 0.280. The molecule has 0 aliphatic carbocycles. The molecule has 0 bridgehead atoms. The third kappa shape index (κ3) is 4.99. The van der Waals surface area contributed by atoms with Crippen LogP contribution >= 0.6 is 11.8 Å². The molecule has 0 radical (unpaired) electrons. The number of rotatable bonds is 8. The molecule has 0 fully saturated rings. The van der Waals surface area contributed by atoms with Crippen LogP contribution in [0.15, 0.2) is 65.0 Å². The topological polar surface area (TPSA) is 109 Å². The number of allylic oxidation sites excluding steroid dienone is 1. The third-order valence-corrected chi connectivity index (χ3v) is 6.48. The molecule has 1 atom stereocenters. The van der Waals surface area contributed by atoms with Crippen molar-refractivity contribution in [3.8, 4) is 0 Å². The Morgan fingerprint density at radius 1 is 1.18 bits per heavy atom. The summed E-state index contributed by atoms with van der Waals surface area (Å²) in [5.74, 6) is 0.197. The summed E-state index contributed by atoms with van der Waals surface area (Å²) < 4.78 is 1.71. The first-order valence-electron chi connectivity index (χ1n) is 11.2. The molecular weight excluding hydrogens is 450 g/mol. The molecule has 2 aromatic carbocycles. The lowest BCUT2D eigenvalue weighted by Crippen LogP contribution is -2.31. The first-order chi connectivity index (χ1) is 16.4. The number of benzene rings is 2. The summed E-state index contributed by atoms with van der Waals surface area (Å²) in [7, 11) is 0. The van der Waals surface area contributed by atoms with E-state index >= 15 is 0 Å². The van der Waals surface area contributed by atoms with E-state index in [2.05, 4.69) is 22.5 Å². The van der Waals surface area contributed by atoms with Gasteiger partial charge in [0, 0.05) is 17.1 Å². The van der Waals surface area contributed by atoms with E-state index in [1.807, 2.05) is 38.1 Å². The highest BCUT2D eigenvalue weighted by Crippen LogP contribution is 2.37. The second-order valence-corrected chi connectivity index (χ2v) is 9.24. The van der Waals surface area contributed by atoms with E-state index < -0.39 is 12.0 Å². The predicted octanol–water partition coefficient (Wildman–Crippen LogP) is 5.10. The van der Waals surface area contributed by atoms with Crippen molar-refractivity contribution in [3.05, 3.63) is 76.5 Å². The number of carboxylic acids is 1. The average Bonchev–Trinajstić information content (AvgIpc) is 3.20. The number of thioether (sulfide) groups is 1. The molecule has 34 heavy (non-hydrogen) atoms. The minimum absolute atomic E-state index is 0.179. The normalized spacial score (nSPS) is 15.0. The molecule has 9 heteroatoms. The Kier molecular flexibility index (Phi) is 7.02. The zero-order valence-electron chi connectivity index (χ0n) is 19.3. The van der Waals surface area contributed by atoms with Gasteiger partial charge in [-0.1, -0.05) is 49.4 Å². The second kappa shape index (κ2) is 10.1. The van der Waals surface area contributed by atoms with E-state index in [4.69, 9.17) is 5.10 Å². The number of aromatic carboxylic acids is 1. The van der Waals surface area contributed by atoms with Crippen LogP contribution in [-0.2, 0) is 4.79 Å². The maximum absolute atomic E-state index is 13.5. The highest BCUT2D eigenvalue weighted by molar-refractivity contribution is 7.99. The number of nitrogens with zero attached hydrogens (tertiary/aromatic N) is 3. The number of hydrogen-bond donors (Lipinski definition) is 3. The van der Waals surface area contributed by atoms with Gasteiger partial charge in [-0.05, 0) is 55.7 Å². The van der Waals surface area contributed by atoms with Crippen molar-refractivity contribution in [2.75, 3.05) is 16.4 Å². The van der Waals surface area contributed by atoms with Crippen LogP contribution in [0.5, 0.6) is 0 Å². The molecule has 1 aliphatic rings. The maximum atomic E-state index is 13.5. The van der Waals surface area contributed by atoms with Gasteiger partial charge in [-0.2, -0.15) is 4.98 Å². The molecule has 0 saturated carbocycles. The zero-order chi connectivity index (χ0) is 24.2. The summed E-state index contributed by atoms with van der Waals surface area (Å²) in [5, 5.41) is 20.9. The molecule has 1 amide bonds. The van der Waals surface area contributed by atoms with E-state index in [0.717, 1.165) is 29.7 Å². The monoisotopic (exact) mass is 477 g/mol. The van der Waals surface area contributed by atoms with Crippen molar-refractivity contribution in [3.63, 3.8) is 0 Å². The molecule has 1 unspecified atom stereocenters. The van der Waals surface area contributed by atoms with Gasteiger partial charge < -0.3 is 15.7 Å². The quantitative estimate of drug-likeness (QED) is 0.306. The fourth-order valence-corrected chi connectivity index (χ4v) is 4.74.